The number of carbonyl (C=O) groups is 2. The van der Waals surface area contributed by atoms with Crippen molar-refractivity contribution >= 4 is 51.0 Å². The number of amides is 1. The Morgan fingerprint density at radius 2 is 1.68 bits per heavy atom. The molecule has 2 atom stereocenters. The Hall–Kier alpha value is -2.88. The first-order valence-electron chi connectivity index (χ1n) is 9.58. The Labute approximate surface area is 185 Å². The summed E-state index contributed by atoms with van der Waals surface area (Å²) in [6, 6.07) is 17.1. The second kappa shape index (κ2) is 8.33. The van der Waals surface area contributed by atoms with E-state index in [-0.39, 0.29) is 28.7 Å². The van der Waals surface area contributed by atoms with Crippen LogP contribution in [0.15, 0.2) is 71.6 Å². The van der Waals surface area contributed by atoms with Crippen LogP contribution in [0.5, 0.6) is 0 Å². The monoisotopic (exact) mass is 456 g/mol. The second-order valence-corrected chi connectivity index (χ2v) is 9.98. The van der Waals surface area contributed by atoms with E-state index in [1.54, 1.807) is 18.2 Å². The molecule has 160 valence electrons. The Morgan fingerprint density at radius 3 is 2.35 bits per heavy atom. The fourth-order valence-corrected chi connectivity index (χ4v) is 5.84. The maximum atomic E-state index is 13.4. The fraction of sp³-hybridized carbons (Fsp3) is 0.182. The molecule has 1 saturated heterocycles. The number of nitrogens with zero attached hydrogens (tertiary/aromatic N) is 1. The first kappa shape index (κ1) is 21.4. The standard InChI is InChI=1S/C22H20N2O5S2/c25-21(23-17-8-5-15(6-9-17)22(26)27)20-12-18(30)13-24(20)31(28,29)19-10-7-14-3-1-2-4-16(14)11-19/h1-11,18,20,30H,12-13H2,(H,23,25)(H,26,27)/t18-,20+/m1/s1. The molecule has 0 saturated carbocycles. The molecule has 0 bridgehead atoms. The second-order valence-electron chi connectivity index (χ2n) is 7.36. The lowest BCUT2D eigenvalue weighted by molar-refractivity contribution is -0.119. The number of carbonyl (C=O) groups excluding carboxylic acids is 1. The van der Waals surface area contributed by atoms with Gasteiger partial charge in [-0.05, 0) is 53.6 Å². The number of sulfonamides is 1. The zero-order valence-electron chi connectivity index (χ0n) is 16.3. The molecule has 3 aromatic rings. The quantitative estimate of drug-likeness (QED) is 0.512. The van der Waals surface area contributed by atoms with Crippen LogP contribution in [0.3, 0.4) is 0 Å². The molecule has 0 aliphatic carbocycles. The number of fused-ring (bicyclic) bond motifs is 1. The van der Waals surface area contributed by atoms with Crippen molar-refractivity contribution in [1.82, 2.24) is 4.31 Å². The van der Waals surface area contributed by atoms with Gasteiger partial charge in [-0.2, -0.15) is 16.9 Å². The van der Waals surface area contributed by atoms with Gasteiger partial charge in [0.2, 0.25) is 15.9 Å². The number of hydrogen-bond donors (Lipinski definition) is 3. The van der Waals surface area contributed by atoms with Gasteiger partial charge >= 0.3 is 5.97 Å². The third-order valence-electron chi connectivity index (χ3n) is 5.26. The van der Waals surface area contributed by atoms with Gasteiger partial charge in [0, 0.05) is 17.5 Å². The van der Waals surface area contributed by atoms with Crippen molar-refractivity contribution in [1.29, 1.82) is 0 Å². The highest BCUT2D eigenvalue weighted by molar-refractivity contribution is 7.89. The predicted octanol–water partition coefficient (Wildman–Crippen LogP) is 3.24. The first-order chi connectivity index (χ1) is 14.8. The molecule has 0 unspecified atom stereocenters. The Morgan fingerprint density at radius 1 is 1.00 bits per heavy atom. The molecule has 0 radical (unpaired) electrons. The third-order valence-corrected chi connectivity index (χ3v) is 7.51. The highest BCUT2D eigenvalue weighted by Gasteiger charge is 2.43. The Kier molecular flexibility index (Phi) is 5.74. The number of benzene rings is 3. The van der Waals surface area contributed by atoms with Crippen LogP contribution >= 0.6 is 12.6 Å². The van der Waals surface area contributed by atoms with E-state index in [1.807, 2.05) is 24.3 Å². The van der Waals surface area contributed by atoms with Gasteiger partial charge in [0.1, 0.15) is 6.04 Å². The summed E-state index contributed by atoms with van der Waals surface area (Å²) in [5, 5.41) is 13.1. The lowest BCUT2D eigenvalue weighted by Crippen LogP contribution is -2.43. The van der Waals surface area contributed by atoms with Gasteiger partial charge in [-0.25, -0.2) is 13.2 Å². The number of thiol groups is 1. The van der Waals surface area contributed by atoms with Crippen LogP contribution in [0, 0.1) is 0 Å². The van der Waals surface area contributed by atoms with E-state index < -0.39 is 27.9 Å². The van der Waals surface area contributed by atoms with E-state index in [4.69, 9.17) is 5.11 Å². The number of aromatic carboxylic acids is 1. The molecule has 1 aliphatic rings. The molecule has 1 fully saturated rings. The minimum Gasteiger partial charge on any atom is -0.478 e. The maximum absolute atomic E-state index is 13.4. The summed E-state index contributed by atoms with van der Waals surface area (Å²) < 4.78 is 27.9. The van der Waals surface area contributed by atoms with Crippen LogP contribution < -0.4 is 5.32 Å². The first-order valence-corrected chi connectivity index (χ1v) is 11.5. The van der Waals surface area contributed by atoms with Crippen LogP contribution in [-0.4, -0.2) is 47.5 Å². The molecule has 1 amide bonds. The van der Waals surface area contributed by atoms with Crippen molar-refractivity contribution in [3.05, 3.63) is 72.3 Å². The molecule has 1 heterocycles. The van der Waals surface area contributed by atoms with Gasteiger partial charge in [-0.3, -0.25) is 4.79 Å². The third kappa shape index (κ3) is 4.30. The maximum Gasteiger partial charge on any atom is 0.335 e. The molecule has 1 aliphatic heterocycles. The van der Waals surface area contributed by atoms with Crippen LogP contribution in [-0.2, 0) is 14.8 Å². The lowest BCUT2D eigenvalue weighted by atomic mass is 10.1. The highest BCUT2D eigenvalue weighted by atomic mass is 32.2. The van der Waals surface area contributed by atoms with Crippen molar-refractivity contribution in [2.75, 3.05) is 11.9 Å². The van der Waals surface area contributed by atoms with Crippen molar-refractivity contribution in [2.45, 2.75) is 22.6 Å². The SMILES string of the molecule is O=C(O)c1ccc(NC(=O)[C@@H]2C[C@@H](S)CN2S(=O)(=O)c2ccc3ccccc3c2)cc1. The van der Waals surface area contributed by atoms with Crippen LogP contribution in [0.25, 0.3) is 10.8 Å². The van der Waals surface area contributed by atoms with Crippen LogP contribution in [0.1, 0.15) is 16.8 Å². The van der Waals surface area contributed by atoms with E-state index in [0.29, 0.717) is 5.69 Å². The summed E-state index contributed by atoms with van der Waals surface area (Å²) in [5.41, 5.74) is 0.482. The number of rotatable bonds is 5. The van der Waals surface area contributed by atoms with E-state index in [9.17, 15) is 18.0 Å². The summed E-state index contributed by atoms with van der Waals surface area (Å²) in [6.45, 7) is 0.119. The lowest BCUT2D eigenvalue weighted by Gasteiger charge is -2.23. The minimum atomic E-state index is -3.92. The largest absolute Gasteiger partial charge is 0.478 e. The van der Waals surface area contributed by atoms with Gasteiger partial charge in [0.25, 0.3) is 0 Å². The van der Waals surface area contributed by atoms with Gasteiger partial charge in [-0.15, -0.1) is 0 Å². The van der Waals surface area contributed by atoms with Crippen molar-refractivity contribution < 1.29 is 23.1 Å². The van der Waals surface area contributed by atoms with Gasteiger partial charge in [0.15, 0.2) is 0 Å². The summed E-state index contributed by atoms with van der Waals surface area (Å²) in [6.07, 6.45) is 0.273. The molecule has 4 rings (SSSR count). The molecule has 3 aromatic carbocycles. The minimum absolute atomic E-state index is 0.0924. The average molecular weight is 457 g/mol. The summed E-state index contributed by atoms with van der Waals surface area (Å²) >= 11 is 4.42. The molecule has 2 N–H and O–H groups in total. The molecular formula is C22H20N2O5S2. The summed E-state index contributed by atoms with van der Waals surface area (Å²) in [7, 11) is -3.92. The van der Waals surface area contributed by atoms with E-state index in [2.05, 4.69) is 17.9 Å². The number of carboxylic acids is 1. The normalized spacial score (nSPS) is 19.4. The van der Waals surface area contributed by atoms with Crippen LogP contribution in [0.4, 0.5) is 5.69 Å². The van der Waals surface area contributed by atoms with Crippen LogP contribution in [0.2, 0.25) is 0 Å². The zero-order chi connectivity index (χ0) is 22.2. The Bertz CT molecular complexity index is 1260. The van der Waals surface area contributed by atoms with E-state index in [0.717, 1.165) is 10.8 Å². The molecule has 9 heteroatoms. The zero-order valence-corrected chi connectivity index (χ0v) is 18.0. The van der Waals surface area contributed by atoms with Crippen molar-refractivity contribution in [2.24, 2.45) is 0 Å². The predicted molar refractivity (Wildman–Crippen MR) is 121 cm³/mol. The molecule has 31 heavy (non-hydrogen) atoms. The van der Waals surface area contributed by atoms with Gasteiger partial charge in [-0.1, -0.05) is 30.3 Å². The van der Waals surface area contributed by atoms with Gasteiger partial charge < -0.3 is 10.4 Å². The molecule has 7 nitrogen and oxygen atoms in total. The van der Waals surface area contributed by atoms with Crippen molar-refractivity contribution in [3.8, 4) is 0 Å². The van der Waals surface area contributed by atoms with E-state index >= 15 is 0 Å². The topological polar surface area (TPSA) is 104 Å². The van der Waals surface area contributed by atoms with Gasteiger partial charge in [0.05, 0.1) is 10.5 Å². The summed E-state index contributed by atoms with van der Waals surface area (Å²) in [5.74, 6) is -1.55. The number of carboxylic acid groups (broad SMARTS) is 1. The average Bonchev–Trinajstić information content (AvgIpc) is 3.16. The Balaban J connectivity index is 1.60. The summed E-state index contributed by atoms with van der Waals surface area (Å²) in [4.78, 5) is 24.0. The number of hydrogen-bond acceptors (Lipinski definition) is 5. The van der Waals surface area contributed by atoms with E-state index in [1.165, 1.54) is 28.6 Å². The molecular weight excluding hydrogens is 436 g/mol. The highest BCUT2D eigenvalue weighted by Crippen LogP contribution is 2.31. The number of anilines is 1. The fourth-order valence-electron chi connectivity index (χ4n) is 3.67. The number of nitrogens with one attached hydrogen (secondary N) is 1. The molecule has 0 aromatic heterocycles. The smallest absolute Gasteiger partial charge is 0.335 e. The van der Waals surface area contributed by atoms with Crippen molar-refractivity contribution in [3.63, 3.8) is 0 Å². The molecule has 0 spiro atoms.